The first-order valence-electron chi connectivity index (χ1n) is 13.4. The third-order valence-electron chi connectivity index (χ3n) is 7.05. The molecule has 194 valence electrons. The first-order chi connectivity index (χ1) is 20.2. The normalized spacial score (nSPS) is 12.0. The predicted molar refractivity (Wildman–Crippen MR) is 174 cm³/mol. The summed E-state index contributed by atoms with van der Waals surface area (Å²) in [5.41, 5.74) is 4.69. The number of hydrogen-bond donors (Lipinski definition) is 1. The average Bonchev–Trinajstić information content (AvgIpc) is 3.48. The molecule has 0 unspecified atom stereocenters. The Morgan fingerprint density at radius 3 is 2.27 bits per heavy atom. The zero-order valence-electron chi connectivity index (χ0n) is 22.0. The second-order valence-corrected chi connectivity index (χ2v) is 10.7. The summed E-state index contributed by atoms with van der Waals surface area (Å²) in [5.74, 6) is 0.653. The first-order valence-corrected chi connectivity index (χ1v) is 14.2. The fourth-order valence-corrected chi connectivity index (χ4v) is 6.02. The van der Waals surface area contributed by atoms with Gasteiger partial charge in [0.25, 0.3) is 0 Å². The maximum atomic E-state index is 8.85. The Bertz CT molecular complexity index is 2100. The van der Waals surface area contributed by atoms with Crippen LogP contribution in [0.3, 0.4) is 0 Å². The number of amidine groups is 2. The third kappa shape index (κ3) is 4.95. The Kier molecular flexibility index (Phi) is 6.47. The van der Waals surface area contributed by atoms with Gasteiger partial charge in [-0.15, -0.1) is 11.3 Å². The topological polar surface area (TPSA) is 61.5 Å². The molecule has 5 heteroatoms. The van der Waals surface area contributed by atoms with Gasteiger partial charge >= 0.3 is 0 Å². The molecule has 1 aromatic heterocycles. The monoisotopic (exact) mass is 544 g/mol. The molecule has 6 aromatic carbocycles. The van der Waals surface area contributed by atoms with E-state index in [1.54, 1.807) is 17.6 Å². The van der Waals surface area contributed by atoms with Crippen molar-refractivity contribution in [1.29, 1.82) is 5.41 Å². The second-order valence-electron chi connectivity index (χ2n) is 9.71. The highest BCUT2D eigenvalue weighted by atomic mass is 32.1. The number of fused-ring (bicyclic) bond motifs is 4. The molecule has 7 aromatic rings. The quantitative estimate of drug-likeness (QED) is 0.174. The Morgan fingerprint density at radius 2 is 1.41 bits per heavy atom. The number of nitrogens with zero attached hydrogens (tertiary/aromatic N) is 3. The van der Waals surface area contributed by atoms with Crippen molar-refractivity contribution >= 4 is 61.0 Å². The van der Waals surface area contributed by atoms with Crippen molar-refractivity contribution < 1.29 is 0 Å². The van der Waals surface area contributed by atoms with Gasteiger partial charge in [-0.1, -0.05) is 121 Å². The molecule has 0 aliphatic carbocycles. The summed E-state index contributed by atoms with van der Waals surface area (Å²) in [5, 5.41) is 14.4. The fraction of sp³-hybridized carbons (Fsp3) is 0. The number of benzene rings is 6. The minimum atomic E-state index is 0.158. The summed E-state index contributed by atoms with van der Waals surface area (Å²) in [4.78, 5) is 14.4. The maximum Gasteiger partial charge on any atom is 0.161 e. The SMILES string of the molecule is N=C(N=C(N=Cc1ccccc1)c1ccccc1)c1ccc2c(ccc3sc(-c4cccc5ccccc45)nc32)c1. The highest BCUT2D eigenvalue weighted by molar-refractivity contribution is 7.21. The van der Waals surface area contributed by atoms with E-state index < -0.39 is 0 Å². The van der Waals surface area contributed by atoms with Gasteiger partial charge in [0.05, 0.1) is 10.2 Å². The number of thiazole rings is 1. The lowest BCUT2D eigenvalue weighted by molar-refractivity contribution is 1.40. The van der Waals surface area contributed by atoms with Gasteiger partial charge in [0.2, 0.25) is 0 Å². The number of rotatable bonds is 4. The van der Waals surface area contributed by atoms with Crippen LogP contribution in [0.2, 0.25) is 0 Å². The van der Waals surface area contributed by atoms with Crippen molar-refractivity contribution in [2.45, 2.75) is 0 Å². The molecular weight excluding hydrogens is 520 g/mol. The summed E-state index contributed by atoms with van der Waals surface area (Å²) >= 11 is 1.71. The van der Waals surface area contributed by atoms with Crippen LogP contribution in [0.25, 0.3) is 42.3 Å². The Morgan fingerprint density at radius 1 is 0.659 bits per heavy atom. The van der Waals surface area contributed by atoms with E-state index in [9.17, 15) is 0 Å². The van der Waals surface area contributed by atoms with Gasteiger partial charge in [-0.05, 0) is 33.9 Å². The number of hydrogen-bond acceptors (Lipinski definition) is 3. The zero-order valence-corrected chi connectivity index (χ0v) is 22.8. The number of nitrogens with one attached hydrogen (secondary N) is 1. The van der Waals surface area contributed by atoms with E-state index in [1.165, 1.54) is 10.8 Å². The van der Waals surface area contributed by atoms with E-state index in [1.807, 2.05) is 72.8 Å². The first kappa shape index (κ1) is 24.8. The molecular formula is C36H24N4S. The Balaban J connectivity index is 1.26. The summed E-state index contributed by atoms with van der Waals surface area (Å²) in [6.07, 6.45) is 1.78. The van der Waals surface area contributed by atoms with Gasteiger partial charge in [0.15, 0.2) is 11.7 Å². The smallest absolute Gasteiger partial charge is 0.161 e. The molecule has 0 aliphatic rings. The van der Waals surface area contributed by atoms with Gasteiger partial charge in [-0.2, -0.15) is 0 Å². The summed E-state index contributed by atoms with van der Waals surface area (Å²) < 4.78 is 1.14. The van der Waals surface area contributed by atoms with E-state index >= 15 is 0 Å². The molecule has 1 heterocycles. The fourth-order valence-electron chi connectivity index (χ4n) is 4.99. The molecule has 0 saturated carbocycles. The van der Waals surface area contributed by atoms with Crippen molar-refractivity contribution in [2.24, 2.45) is 9.98 Å². The highest BCUT2D eigenvalue weighted by Crippen LogP contribution is 2.37. The van der Waals surface area contributed by atoms with Gasteiger partial charge in [0, 0.05) is 28.3 Å². The van der Waals surface area contributed by atoms with Crippen molar-refractivity contribution in [3.8, 4) is 10.6 Å². The van der Waals surface area contributed by atoms with Crippen LogP contribution in [-0.4, -0.2) is 22.9 Å². The van der Waals surface area contributed by atoms with Crippen LogP contribution in [0.5, 0.6) is 0 Å². The van der Waals surface area contributed by atoms with Crippen LogP contribution < -0.4 is 0 Å². The van der Waals surface area contributed by atoms with Crippen LogP contribution in [0, 0.1) is 5.41 Å². The minimum Gasteiger partial charge on any atom is -0.282 e. The molecule has 0 fully saturated rings. The lowest BCUT2D eigenvalue weighted by atomic mass is 10.0. The standard InChI is InChI=1S/C36H24N4S/c37-34(40-35(26-13-5-2-6-14-26)38-23-24-10-3-1-4-11-24)28-18-20-30-27(22-28)19-21-32-33(30)39-36(41-32)31-17-9-15-25-12-7-8-16-29(25)31/h1-23,37H. The van der Waals surface area contributed by atoms with Crippen LogP contribution >= 0.6 is 11.3 Å². The predicted octanol–water partition coefficient (Wildman–Crippen LogP) is 9.16. The number of aliphatic imine (C=N–C) groups is 2. The van der Waals surface area contributed by atoms with Crippen LogP contribution in [0.4, 0.5) is 0 Å². The molecule has 0 radical (unpaired) electrons. The molecule has 4 nitrogen and oxygen atoms in total. The summed E-state index contributed by atoms with van der Waals surface area (Å²) in [6, 6.07) is 44.7. The second kappa shape index (κ2) is 10.7. The van der Waals surface area contributed by atoms with E-state index in [2.05, 4.69) is 70.6 Å². The van der Waals surface area contributed by atoms with E-state index in [-0.39, 0.29) is 5.84 Å². The highest BCUT2D eigenvalue weighted by Gasteiger charge is 2.13. The molecule has 1 N–H and O–H groups in total. The van der Waals surface area contributed by atoms with Gasteiger partial charge in [-0.3, -0.25) is 5.41 Å². The molecule has 0 bridgehead atoms. The molecule has 7 rings (SSSR count). The maximum absolute atomic E-state index is 8.85. The van der Waals surface area contributed by atoms with E-state index in [4.69, 9.17) is 10.4 Å². The summed E-state index contributed by atoms with van der Waals surface area (Å²) in [7, 11) is 0. The third-order valence-corrected chi connectivity index (χ3v) is 8.11. The van der Waals surface area contributed by atoms with Gasteiger partial charge in [0.1, 0.15) is 5.01 Å². The summed E-state index contributed by atoms with van der Waals surface area (Å²) in [6.45, 7) is 0. The molecule has 0 saturated heterocycles. The number of aromatic nitrogens is 1. The molecule has 0 amide bonds. The average molecular weight is 545 g/mol. The van der Waals surface area contributed by atoms with E-state index in [0.717, 1.165) is 48.3 Å². The van der Waals surface area contributed by atoms with Crippen LogP contribution in [0.1, 0.15) is 16.7 Å². The lowest BCUT2D eigenvalue weighted by Crippen LogP contribution is -2.04. The van der Waals surface area contributed by atoms with Crippen molar-refractivity contribution in [2.75, 3.05) is 0 Å². The molecule has 0 atom stereocenters. The molecule has 0 aliphatic heterocycles. The molecule has 0 spiro atoms. The van der Waals surface area contributed by atoms with Gasteiger partial charge < -0.3 is 0 Å². The zero-order chi connectivity index (χ0) is 27.6. The van der Waals surface area contributed by atoms with Crippen LogP contribution in [0.15, 0.2) is 143 Å². The van der Waals surface area contributed by atoms with Crippen molar-refractivity contribution in [1.82, 2.24) is 4.98 Å². The van der Waals surface area contributed by atoms with E-state index in [0.29, 0.717) is 5.84 Å². The Hall–Kier alpha value is -5.26. The largest absolute Gasteiger partial charge is 0.282 e. The molecule has 41 heavy (non-hydrogen) atoms. The van der Waals surface area contributed by atoms with Crippen molar-refractivity contribution in [3.05, 3.63) is 150 Å². The minimum absolute atomic E-state index is 0.158. The lowest BCUT2D eigenvalue weighted by Gasteiger charge is -2.06. The van der Waals surface area contributed by atoms with Gasteiger partial charge in [-0.25, -0.2) is 15.0 Å². The van der Waals surface area contributed by atoms with Crippen molar-refractivity contribution in [3.63, 3.8) is 0 Å². The Labute approximate surface area is 241 Å². The van der Waals surface area contributed by atoms with Crippen LogP contribution in [-0.2, 0) is 0 Å².